The Balaban J connectivity index is 1.21. The number of rotatable bonds is 8. The minimum atomic E-state index is -0.499. The van der Waals surface area contributed by atoms with Crippen molar-refractivity contribution in [3.8, 4) is 40.8 Å². The molecule has 1 aliphatic rings. The minimum absolute atomic E-state index is 0.100. The van der Waals surface area contributed by atoms with Gasteiger partial charge in [0.2, 0.25) is 0 Å². The fourth-order valence-corrected chi connectivity index (χ4v) is 5.09. The van der Waals surface area contributed by atoms with Crippen LogP contribution in [0.25, 0.3) is 22.3 Å². The standard InChI is InChI=1S/C31H27FN8O3/c1-3-27(41)39-10-4-5-23(39)16-40-31-28(30(33)36-18-37-31)29(38-40)21-6-8-24(9-7-21)43-26-12-22(32)11-25(13-26)42-17-20-14-34-19(2)35-15-20/h1,6-9,11-15,18,23H,4-5,10,16-17H2,2H3,(H2,33,36,37)/t23-/m1/s1. The molecule has 6 rings (SSSR count). The van der Waals surface area contributed by atoms with Gasteiger partial charge in [0.15, 0.2) is 5.65 Å². The van der Waals surface area contributed by atoms with Crippen LogP contribution in [0.3, 0.4) is 0 Å². The normalized spacial score (nSPS) is 14.5. The third-order valence-corrected chi connectivity index (χ3v) is 7.15. The van der Waals surface area contributed by atoms with Crippen LogP contribution in [-0.2, 0) is 17.9 Å². The Labute approximate surface area is 246 Å². The van der Waals surface area contributed by atoms with Crippen LogP contribution in [0.2, 0.25) is 0 Å². The number of carbonyl (C=O) groups excluding carboxylic acids is 1. The number of ether oxygens (including phenoxy) is 2. The van der Waals surface area contributed by atoms with Gasteiger partial charge in [-0.25, -0.2) is 29.0 Å². The van der Waals surface area contributed by atoms with Gasteiger partial charge in [0.25, 0.3) is 5.91 Å². The molecule has 0 spiro atoms. The number of aryl methyl sites for hydroxylation is 1. The van der Waals surface area contributed by atoms with Crippen LogP contribution < -0.4 is 15.2 Å². The molecule has 2 N–H and O–H groups in total. The summed E-state index contributed by atoms with van der Waals surface area (Å²) in [6.45, 7) is 3.01. The number of amides is 1. The van der Waals surface area contributed by atoms with Gasteiger partial charge in [-0.3, -0.25) is 4.79 Å². The Kier molecular flexibility index (Phi) is 7.53. The lowest BCUT2D eigenvalue weighted by Gasteiger charge is -2.22. The van der Waals surface area contributed by atoms with E-state index in [1.54, 1.807) is 47.1 Å². The number of nitrogens with zero attached hydrogens (tertiary/aromatic N) is 7. The van der Waals surface area contributed by atoms with E-state index in [-0.39, 0.29) is 24.3 Å². The Morgan fingerprint density at radius 2 is 1.86 bits per heavy atom. The second-order valence-electron chi connectivity index (χ2n) is 10.1. The van der Waals surface area contributed by atoms with Crippen molar-refractivity contribution in [2.24, 2.45) is 0 Å². The number of terminal acetylenes is 1. The van der Waals surface area contributed by atoms with Crippen molar-refractivity contribution < 1.29 is 18.7 Å². The van der Waals surface area contributed by atoms with E-state index in [1.165, 1.54) is 18.5 Å². The SMILES string of the molecule is C#CC(=O)N1CCC[C@@H]1Cn1nc(-c2ccc(Oc3cc(F)cc(OCc4cnc(C)nc4)c3)cc2)c2c(N)ncnc21. The first-order valence-corrected chi connectivity index (χ1v) is 13.6. The van der Waals surface area contributed by atoms with E-state index in [0.29, 0.717) is 53.0 Å². The first-order valence-electron chi connectivity index (χ1n) is 13.6. The van der Waals surface area contributed by atoms with Crippen LogP contribution in [0, 0.1) is 25.1 Å². The number of nitrogens with two attached hydrogens (primary N) is 1. The third-order valence-electron chi connectivity index (χ3n) is 7.15. The highest BCUT2D eigenvalue weighted by Gasteiger charge is 2.29. The maximum atomic E-state index is 14.4. The van der Waals surface area contributed by atoms with Crippen molar-refractivity contribution in [3.63, 3.8) is 0 Å². The van der Waals surface area contributed by atoms with Crippen molar-refractivity contribution in [2.75, 3.05) is 12.3 Å². The number of hydrogen-bond acceptors (Lipinski definition) is 9. The molecule has 0 radical (unpaired) electrons. The maximum absolute atomic E-state index is 14.4. The van der Waals surface area contributed by atoms with Gasteiger partial charge in [-0.2, -0.15) is 5.10 Å². The summed E-state index contributed by atoms with van der Waals surface area (Å²) in [6.07, 6.45) is 11.8. The monoisotopic (exact) mass is 578 g/mol. The molecule has 5 aromatic rings. The molecular weight excluding hydrogens is 551 g/mol. The van der Waals surface area contributed by atoms with Gasteiger partial charge in [-0.15, -0.1) is 6.42 Å². The van der Waals surface area contributed by atoms with Crippen molar-refractivity contribution in [1.82, 2.24) is 34.6 Å². The summed E-state index contributed by atoms with van der Waals surface area (Å²) in [6, 6.07) is 11.2. The summed E-state index contributed by atoms with van der Waals surface area (Å²) < 4.78 is 27.8. The number of halogens is 1. The second kappa shape index (κ2) is 11.7. The van der Waals surface area contributed by atoms with E-state index < -0.39 is 5.82 Å². The summed E-state index contributed by atoms with van der Waals surface area (Å²) in [4.78, 5) is 30.8. The largest absolute Gasteiger partial charge is 0.489 e. The zero-order chi connectivity index (χ0) is 29.9. The number of carbonyl (C=O) groups is 1. The molecule has 12 heteroatoms. The quantitative estimate of drug-likeness (QED) is 0.267. The van der Waals surface area contributed by atoms with Crippen molar-refractivity contribution in [1.29, 1.82) is 0 Å². The Bertz CT molecular complexity index is 1830. The lowest BCUT2D eigenvalue weighted by molar-refractivity contribution is -0.126. The van der Waals surface area contributed by atoms with E-state index in [9.17, 15) is 9.18 Å². The Hall–Kier alpha value is -5.57. The van der Waals surface area contributed by atoms with Gasteiger partial charge in [0, 0.05) is 48.3 Å². The molecule has 0 unspecified atom stereocenters. The number of anilines is 1. The summed E-state index contributed by atoms with van der Waals surface area (Å²) in [7, 11) is 0. The van der Waals surface area contributed by atoms with E-state index in [1.807, 2.05) is 12.1 Å². The molecule has 4 heterocycles. The maximum Gasteiger partial charge on any atom is 0.298 e. The molecule has 1 aliphatic heterocycles. The fraction of sp³-hybridized carbons (Fsp3) is 0.226. The topological polar surface area (TPSA) is 134 Å². The predicted octanol–water partition coefficient (Wildman–Crippen LogP) is 4.31. The first kappa shape index (κ1) is 27.6. The molecule has 216 valence electrons. The second-order valence-corrected chi connectivity index (χ2v) is 10.1. The summed E-state index contributed by atoms with van der Waals surface area (Å²) >= 11 is 0. The molecule has 1 saturated heterocycles. The van der Waals surface area contributed by atoms with Crippen LogP contribution in [0.1, 0.15) is 24.2 Å². The van der Waals surface area contributed by atoms with Crippen LogP contribution in [-0.4, -0.2) is 53.1 Å². The van der Waals surface area contributed by atoms with Crippen molar-refractivity contribution >= 4 is 22.8 Å². The number of hydrogen-bond donors (Lipinski definition) is 1. The smallest absolute Gasteiger partial charge is 0.298 e. The lowest BCUT2D eigenvalue weighted by Crippen LogP contribution is -2.37. The summed E-state index contributed by atoms with van der Waals surface area (Å²) in [5, 5.41) is 5.43. The molecule has 1 atom stereocenters. The third kappa shape index (κ3) is 5.92. The van der Waals surface area contributed by atoms with E-state index in [2.05, 4.69) is 25.9 Å². The Morgan fingerprint density at radius 1 is 1.09 bits per heavy atom. The van der Waals surface area contributed by atoms with Gasteiger partial charge < -0.3 is 20.1 Å². The molecule has 0 bridgehead atoms. The molecule has 1 amide bonds. The first-order chi connectivity index (χ1) is 20.9. The summed E-state index contributed by atoms with van der Waals surface area (Å²) in [5.41, 5.74) is 8.93. The van der Waals surface area contributed by atoms with Crippen LogP contribution in [0.4, 0.5) is 10.2 Å². The average Bonchev–Trinajstić information content (AvgIpc) is 3.62. The highest BCUT2D eigenvalue weighted by atomic mass is 19.1. The molecule has 0 aliphatic carbocycles. The fourth-order valence-electron chi connectivity index (χ4n) is 5.09. The predicted molar refractivity (Wildman–Crippen MR) is 156 cm³/mol. The van der Waals surface area contributed by atoms with E-state index >= 15 is 0 Å². The number of benzene rings is 2. The molecule has 11 nitrogen and oxygen atoms in total. The molecule has 1 fully saturated rings. The number of nitrogen functional groups attached to an aromatic ring is 1. The van der Waals surface area contributed by atoms with Crippen LogP contribution >= 0.6 is 0 Å². The highest BCUT2D eigenvalue weighted by Crippen LogP contribution is 2.33. The number of fused-ring (bicyclic) bond motifs is 1. The van der Waals surface area contributed by atoms with Gasteiger partial charge in [-0.05, 0) is 50.0 Å². The van der Waals surface area contributed by atoms with Crippen molar-refractivity contribution in [3.05, 3.63) is 78.4 Å². The molecule has 3 aromatic heterocycles. The summed E-state index contributed by atoms with van der Waals surface area (Å²) in [5.74, 6) is 3.39. The number of likely N-dealkylation sites (tertiary alicyclic amines) is 1. The Morgan fingerprint density at radius 3 is 2.63 bits per heavy atom. The molecule has 2 aromatic carbocycles. The van der Waals surface area contributed by atoms with Crippen molar-refractivity contribution in [2.45, 2.75) is 39.0 Å². The van der Waals surface area contributed by atoms with E-state index in [0.717, 1.165) is 24.0 Å². The van der Waals surface area contributed by atoms with Gasteiger partial charge >= 0.3 is 0 Å². The van der Waals surface area contributed by atoms with E-state index in [4.69, 9.17) is 26.7 Å². The van der Waals surface area contributed by atoms with Gasteiger partial charge in [-0.1, -0.05) is 0 Å². The highest BCUT2D eigenvalue weighted by molar-refractivity contribution is 5.98. The van der Waals surface area contributed by atoms with Crippen LogP contribution in [0.5, 0.6) is 17.2 Å². The molecule has 0 saturated carbocycles. The number of aromatic nitrogens is 6. The lowest BCUT2D eigenvalue weighted by atomic mass is 10.1. The molecule has 43 heavy (non-hydrogen) atoms. The molecular formula is C31H27FN8O3. The zero-order valence-corrected chi connectivity index (χ0v) is 23.3. The van der Waals surface area contributed by atoms with Gasteiger partial charge in [0.05, 0.1) is 18.0 Å². The van der Waals surface area contributed by atoms with Gasteiger partial charge in [0.1, 0.15) is 53.3 Å². The minimum Gasteiger partial charge on any atom is -0.489 e. The van der Waals surface area contributed by atoms with Crippen LogP contribution in [0.15, 0.2) is 61.2 Å². The zero-order valence-electron chi connectivity index (χ0n) is 23.3. The average molecular weight is 579 g/mol.